The second kappa shape index (κ2) is 9.21. The number of urea groups is 1. The number of hydrogen-bond acceptors (Lipinski definition) is 3. The third-order valence-corrected chi connectivity index (χ3v) is 5.43. The molecule has 28 heavy (non-hydrogen) atoms. The van der Waals surface area contributed by atoms with Crippen molar-refractivity contribution in [2.24, 2.45) is 0 Å². The summed E-state index contributed by atoms with van der Waals surface area (Å²) >= 11 is 7.32. The lowest BCUT2D eigenvalue weighted by molar-refractivity contribution is 0.0784. The molecule has 0 spiro atoms. The highest BCUT2D eigenvalue weighted by Gasteiger charge is 2.19. The molecule has 0 fully saturated rings. The fourth-order valence-corrected chi connectivity index (χ4v) is 3.85. The standard InChI is InChI=1S/C22H29ClN2O2S/c1-13(2)18-8-7-9-19(14(3)4)20(18)24-21(26)25-28-17-11-15(22(5,6)27)10-16(23)12-17/h7-14,27H,1-6H3,(H2,24,25,26). The maximum absolute atomic E-state index is 12.6. The molecule has 4 nitrogen and oxygen atoms in total. The Hall–Kier alpha value is -1.69. The summed E-state index contributed by atoms with van der Waals surface area (Å²) in [4.78, 5) is 13.3. The van der Waals surface area contributed by atoms with E-state index in [9.17, 15) is 9.90 Å². The molecule has 0 aromatic heterocycles. The monoisotopic (exact) mass is 420 g/mol. The number of amides is 2. The van der Waals surface area contributed by atoms with Gasteiger partial charge in [-0.1, -0.05) is 57.5 Å². The topological polar surface area (TPSA) is 61.4 Å². The molecule has 0 aliphatic heterocycles. The van der Waals surface area contributed by atoms with E-state index in [-0.39, 0.29) is 6.03 Å². The van der Waals surface area contributed by atoms with Crippen molar-refractivity contribution < 1.29 is 9.90 Å². The largest absolute Gasteiger partial charge is 0.386 e. The fourth-order valence-electron chi connectivity index (χ4n) is 2.91. The van der Waals surface area contributed by atoms with Crippen molar-refractivity contribution in [3.63, 3.8) is 0 Å². The summed E-state index contributed by atoms with van der Waals surface area (Å²) in [6, 6.07) is 11.1. The zero-order valence-corrected chi connectivity index (χ0v) is 18.8. The van der Waals surface area contributed by atoms with Gasteiger partial charge >= 0.3 is 6.03 Å². The number of halogens is 1. The van der Waals surface area contributed by atoms with Crippen LogP contribution >= 0.6 is 23.5 Å². The Morgan fingerprint density at radius 3 is 2.14 bits per heavy atom. The van der Waals surface area contributed by atoms with Crippen LogP contribution in [0.5, 0.6) is 0 Å². The third kappa shape index (κ3) is 5.90. The van der Waals surface area contributed by atoms with Gasteiger partial charge in [0.05, 0.1) is 5.60 Å². The minimum absolute atomic E-state index is 0.295. The first kappa shape index (κ1) is 22.6. The number of carbonyl (C=O) groups excluding carboxylic acids is 1. The van der Waals surface area contributed by atoms with Gasteiger partial charge in [0.15, 0.2) is 0 Å². The normalized spacial score (nSPS) is 11.8. The van der Waals surface area contributed by atoms with Crippen molar-refractivity contribution in [2.45, 2.75) is 63.9 Å². The highest BCUT2D eigenvalue weighted by molar-refractivity contribution is 7.98. The van der Waals surface area contributed by atoms with E-state index in [1.54, 1.807) is 26.0 Å². The predicted octanol–water partition coefficient (Wildman–Crippen LogP) is 6.64. The number of carbonyl (C=O) groups is 1. The van der Waals surface area contributed by atoms with Crippen LogP contribution in [0.3, 0.4) is 0 Å². The second-order valence-corrected chi connectivity index (χ2v) is 9.33. The van der Waals surface area contributed by atoms with E-state index in [4.69, 9.17) is 11.6 Å². The maximum atomic E-state index is 12.6. The summed E-state index contributed by atoms with van der Waals surface area (Å²) in [6.45, 7) is 11.8. The first-order valence-corrected chi connectivity index (χ1v) is 10.6. The van der Waals surface area contributed by atoms with E-state index in [0.29, 0.717) is 22.4 Å². The van der Waals surface area contributed by atoms with Gasteiger partial charge in [-0.05, 0) is 72.5 Å². The number of aliphatic hydroxyl groups is 1. The SMILES string of the molecule is CC(C)c1cccc(C(C)C)c1NC(=O)NSc1cc(Cl)cc(C(C)(C)O)c1. The average Bonchev–Trinajstić information content (AvgIpc) is 2.58. The minimum atomic E-state index is -1.01. The minimum Gasteiger partial charge on any atom is -0.386 e. The molecule has 2 aromatic rings. The molecule has 0 saturated carbocycles. The summed E-state index contributed by atoms with van der Waals surface area (Å²) in [7, 11) is 0. The Morgan fingerprint density at radius 1 is 1.07 bits per heavy atom. The number of benzene rings is 2. The maximum Gasteiger partial charge on any atom is 0.329 e. The number of hydrogen-bond donors (Lipinski definition) is 3. The van der Waals surface area contributed by atoms with Gasteiger partial charge in [0.25, 0.3) is 0 Å². The summed E-state index contributed by atoms with van der Waals surface area (Å²) in [5, 5.41) is 13.7. The van der Waals surface area contributed by atoms with Gasteiger partial charge in [-0.25, -0.2) is 4.79 Å². The molecule has 0 unspecified atom stereocenters. The molecule has 0 heterocycles. The van der Waals surface area contributed by atoms with Crippen LogP contribution in [0.25, 0.3) is 0 Å². The first-order valence-electron chi connectivity index (χ1n) is 9.39. The van der Waals surface area contributed by atoms with E-state index in [2.05, 4.69) is 37.7 Å². The molecule has 0 aliphatic carbocycles. The van der Waals surface area contributed by atoms with Crippen molar-refractivity contribution >= 4 is 35.3 Å². The Labute approximate surface area is 177 Å². The van der Waals surface area contributed by atoms with Crippen LogP contribution in [-0.2, 0) is 5.60 Å². The quantitative estimate of drug-likeness (QED) is 0.459. The first-order chi connectivity index (χ1) is 13.0. The number of nitrogens with one attached hydrogen (secondary N) is 2. The van der Waals surface area contributed by atoms with Crippen LogP contribution < -0.4 is 10.0 Å². The van der Waals surface area contributed by atoms with E-state index in [1.807, 2.05) is 24.3 Å². The molecule has 2 aromatic carbocycles. The highest BCUT2D eigenvalue weighted by Crippen LogP contribution is 2.33. The Morgan fingerprint density at radius 2 is 1.64 bits per heavy atom. The second-order valence-electron chi connectivity index (χ2n) is 8.01. The molecule has 152 valence electrons. The molecule has 0 bridgehead atoms. The molecule has 3 N–H and O–H groups in total. The lowest BCUT2D eigenvalue weighted by atomic mass is 9.93. The van der Waals surface area contributed by atoms with Gasteiger partial charge in [0, 0.05) is 15.6 Å². The van der Waals surface area contributed by atoms with Crippen molar-refractivity contribution in [3.05, 3.63) is 58.1 Å². The number of rotatable bonds is 6. The van der Waals surface area contributed by atoms with Crippen molar-refractivity contribution in [3.8, 4) is 0 Å². The number of para-hydroxylation sites is 1. The van der Waals surface area contributed by atoms with Crippen molar-refractivity contribution in [2.75, 3.05) is 5.32 Å². The zero-order chi connectivity index (χ0) is 21.1. The van der Waals surface area contributed by atoms with E-state index in [0.717, 1.165) is 33.7 Å². The average molecular weight is 421 g/mol. The zero-order valence-electron chi connectivity index (χ0n) is 17.3. The van der Waals surface area contributed by atoms with Crippen LogP contribution in [0.2, 0.25) is 5.02 Å². The fraction of sp³-hybridized carbons (Fsp3) is 0.409. The van der Waals surface area contributed by atoms with Gasteiger partial charge in [0.2, 0.25) is 0 Å². The van der Waals surface area contributed by atoms with Crippen LogP contribution in [-0.4, -0.2) is 11.1 Å². The Kier molecular flexibility index (Phi) is 7.43. The van der Waals surface area contributed by atoms with Gasteiger partial charge in [-0.2, -0.15) is 0 Å². The Bertz CT molecular complexity index is 819. The molecule has 0 atom stereocenters. The molecule has 0 aliphatic rings. The summed E-state index contributed by atoms with van der Waals surface area (Å²) in [5.74, 6) is 0.591. The van der Waals surface area contributed by atoms with Crippen LogP contribution in [0.4, 0.5) is 10.5 Å². The van der Waals surface area contributed by atoms with E-state index in [1.165, 1.54) is 0 Å². The predicted molar refractivity (Wildman–Crippen MR) is 119 cm³/mol. The van der Waals surface area contributed by atoms with Gasteiger partial charge in [-0.15, -0.1) is 0 Å². The molecule has 6 heteroatoms. The molecular formula is C22H29ClN2O2S. The Balaban J connectivity index is 2.17. The molecular weight excluding hydrogens is 392 g/mol. The van der Waals surface area contributed by atoms with Gasteiger partial charge in [-0.3, -0.25) is 4.72 Å². The summed E-state index contributed by atoms with van der Waals surface area (Å²) < 4.78 is 2.81. The van der Waals surface area contributed by atoms with E-state index < -0.39 is 5.60 Å². The van der Waals surface area contributed by atoms with Gasteiger partial charge in [0.1, 0.15) is 0 Å². The summed E-state index contributed by atoms with van der Waals surface area (Å²) in [6.07, 6.45) is 0. The van der Waals surface area contributed by atoms with Crippen LogP contribution in [0, 0.1) is 0 Å². The van der Waals surface area contributed by atoms with E-state index >= 15 is 0 Å². The highest BCUT2D eigenvalue weighted by atomic mass is 35.5. The number of anilines is 1. The molecule has 0 radical (unpaired) electrons. The molecule has 2 rings (SSSR count). The van der Waals surface area contributed by atoms with Crippen molar-refractivity contribution in [1.29, 1.82) is 0 Å². The third-order valence-electron chi connectivity index (χ3n) is 4.45. The molecule has 0 saturated heterocycles. The van der Waals surface area contributed by atoms with Crippen molar-refractivity contribution in [1.82, 2.24) is 4.72 Å². The molecule has 2 amide bonds. The van der Waals surface area contributed by atoms with Crippen LogP contribution in [0.15, 0.2) is 41.3 Å². The van der Waals surface area contributed by atoms with Gasteiger partial charge < -0.3 is 10.4 Å². The lowest BCUT2D eigenvalue weighted by Gasteiger charge is -2.21. The van der Waals surface area contributed by atoms with Crippen LogP contribution in [0.1, 0.15) is 70.1 Å². The summed E-state index contributed by atoms with van der Waals surface area (Å²) in [5.41, 5.74) is 2.77. The lowest BCUT2D eigenvalue weighted by Crippen LogP contribution is -2.24. The smallest absolute Gasteiger partial charge is 0.329 e.